The van der Waals surface area contributed by atoms with Crippen molar-refractivity contribution in [3.8, 4) is 17.6 Å². The van der Waals surface area contributed by atoms with Gasteiger partial charge in [0.25, 0.3) is 0 Å². The summed E-state index contributed by atoms with van der Waals surface area (Å²) >= 11 is 3.45. The first-order valence-corrected chi connectivity index (χ1v) is 6.02. The number of hydrogen-bond donors (Lipinski definition) is 1. The molecule has 0 spiro atoms. The number of rotatable bonds is 5. The first-order valence-electron chi connectivity index (χ1n) is 5.23. The highest BCUT2D eigenvalue weighted by atomic mass is 79.9. The minimum atomic E-state index is 0.638. The van der Waals surface area contributed by atoms with E-state index in [9.17, 15) is 0 Å². The fraction of sp³-hybridized carbons (Fsp3) is 0.385. The summed E-state index contributed by atoms with van der Waals surface area (Å²) in [4.78, 5) is 0. The van der Waals surface area contributed by atoms with E-state index in [1.54, 1.807) is 0 Å². The molecule has 0 aliphatic rings. The second-order valence-electron chi connectivity index (χ2n) is 3.31. The molecular weight excluding hydrogens is 266 g/mol. The van der Waals surface area contributed by atoms with Crippen molar-refractivity contribution in [2.45, 2.75) is 19.9 Å². The Bertz CT molecular complexity index is 393. The lowest BCUT2D eigenvalue weighted by atomic mass is 10.2. The van der Waals surface area contributed by atoms with Gasteiger partial charge in [0.2, 0.25) is 0 Å². The second kappa shape index (κ2) is 7.32. The van der Waals surface area contributed by atoms with Gasteiger partial charge in [-0.3, -0.25) is 0 Å². The molecule has 0 unspecified atom stereocenters. The Morgan fingerprint density at radius 2 is 2.25 bits per heavy atom. The molecule has 86 valence electrons. The lowest BCUT2D eigenvalue weighted by molar-refractivity contribution is 0.323. The summed E-state index contributed by atoms with van der Waals surface area (Å²) in [5, 5.41) is 3.12. The summed E-state index contributed by atoms with van der Waals surface area (Å²) in [7, 11) is 1.92. The van der Waals surface area contributed by atoms with Gasteiger partial charge in [-0.15, -0.1) is 11.8 Å². The summed E-state index contributed by atoms with van der Waals surface area (Å²) in [5.74, 6) is 6.76. The molecule has 16 heavy (non-hydrogen) atoms. The van der Waals surface area contributed by atoms with E-state index in [0.717, 1.165) is 28.8 Å². The van der Waals surface area contributed by atoms with Gasteiger partial charge >= 0.3 is 0 Å². The third-order valence-electron chi connectivity index (χ3n) is 2.05. The average molecular weight is 282 g/mol. The van der Waals surface area contributed by atoms with Crippen LogP contribution in [0.3, 0.4) is 0 Å². The molecule has 0 heterocycles. The normalized spacial score (nSPS) is 9.44. The molecular formula is C13H16BrNO. The summed E-state index contributed by atoms with van der Waals surface area (Å²) in [5.41, 5.74) is 1.15. The van der Waals surface area contributed by atoms with Crippen LogP contribution in [0.2, 0.25) is 0 Å². The third kappa shape index (κ3) is 4.26. The van der Waals surface area contributed by atoms with Crippen molar-refractivity contribution >= 4 is 15.9 Å². The molecule has 0 amide bonds. The maximum atomic E-state index is 5.68. The van der Waals surface area contributed by atoms with Gasteiger partial charge in [-0.2, -0.15) is 0 Å². The van der Waals surface area contributed by atoms with Crippen molar-refractivity contribution in [1.29, 1.82) is 0 Å². The van der Waals surface area contributed by atoms with Crippen LogP contribution in [0.15, 0.2) is 22.7 Å². The van der Waals surface area contributed by atoms with E-state index < -0.39 is 0 Å². The predicted octanol–water partition coefficient (Wildman–Crippen LogP) is 2.96. The Hall–Kier alpha value is -0.980. The highest BCUT2D eigenvalue weighted by Gasteiger charge is 2.03. The molecule has 1 rings (SSSR count). The molecule has 1 N–H and O–H groups in total. The van der Waals surface area contributed by atoms with Gasteiger partial charge in [-0.1, -0.05) is 15.9 Å². The van der Waals surface area contributed by atoms with Crippen molar-refractivity contribution in [3.63, 3.8) is 0 Å². The molecule has 0 aliphatic heterocycles. The molecule has 0 aromatic heterocycles. The average Bonchev–Trinajstić information content (AvgIpc) is 2.27. The standard InChI is InChI=1S/C13H16BrNO/c1-3-4-5-8-16-13-7-6-12(14)9-11(13)10-15-2/h6-7,9,15H,5,8,10H2,1-2H3. The van der Waals surface area contributed by atoms with E-state index in [1.165, 1.54) is 0 Å². The molecule has 0 aliphatic carbocycles. The summed E-state index contributed by atoms with van der Waals surface area (Å²) < 4.78 is 6.75. The van der Waals surface area contributed by atoms with Crippen LogP contribution < -0.4 is 10.1 Å². The fourth-order valence-electron chi connectivity index (χ4n) is 1.35. The van der Waals surface area contributed by atoms with Crippen molar-refractivity contribution in [2.24, 2.45) is 0 Å². The number of nitrogens with one attached hydrogen (secondary N) is 1. The van der Waals surface area contributed by atoms with E-state index in [4.69, 9.17) is 4.74 Å². The van der Waals surface area contributed by atoms with Crippen LogP contribution in [-0.2, 0) is 6.54 Å². The lowest BCUT2D eigenvalue weighted by Gasteiger charge is -2.10. The Kier molecular flexibility index (Phi) is 5.99. The van der Waals surface area contributed by atoms with Crippen molar-refractivity contribution in [1.82, 2.24) is 5.32 Å². The topological polar surface area (TPSA) is 21.3 Å². The van der Waals surface area contributed by atoms with E-state index in [-0.39, 0.29) is 0 Å². The highest BCUT2D eigenvalue weighted by Crippen LogP contribution is 2.23. The van der Waals surface area contributed by atoms with Gasteiger partial charge in [0.1, 0.15) is 5.75 Å². The molecule has 0 saturated heterocycles. The van der Waals surface area contributed by atoms with Crippen molar-refractivity contribution < 1.29 is 4.74 Å². The minimum absolute atomic E-state index is 0.638. The van der Waals surface area contributed by atoms with Crippen molar-refractivity contribution in [2.75, 3.05) is 13.7 Å². The molecule has 1 aromatic carbocycles. The Morgan fingerprint density at radius 3 is 2.94 bits per heavy atom. The molecule has 0 radical (unpaired) electrons. The molecule has 0 atom stereocenters. The minimum Gasteiger partial charge on any atom is -0.492 e. The maximum absolute atomic E-state index is 5.68. The molecule has 3 heteroatoms. The van der Waals surface area contributed by atoms with Gasteiger partial charge in [-0.25, -0.2) is 0 Å². The van der Waals surface area contributed by atoms with E-state index in [1.807, 2.05) is 26.1 Å². The zero-order chi connectivity index (χ0) is 11.8. The zero-order valence-corrected chi connectivity index (χ0v) is 11.2. The lowest BCUT2D eigenvalue weighted by Crippen LogP contribution is -2.08. The van der Waals surface area contributed by atoms with Gasteiger partial charge in [-0.05, 0) is 32.2 Å². The molecule has 2 nitrogen and oxygen atoms in total. The first-order chi connectivity index (χ1) is 7.77. The maximum Gasteiger partial charge on any atom is 0.123 e. The third-order valence-corrected chi connectivity index (χ3v) is 2.54. The van der Waals surface area contributed by atoms with Gasteiger partial charge in [0.15, 0.2) is 0 Å². The van der Waals surface area contributed by atoms with Gasteiger partial charge in [0, 0.05) is 23.0 Å². The predicted molar refractivity (Wildman–Crippen MR) is 70.5 cm³/mol. The number of benzene rings is 1. The van der Waals surface area contributed by atoms with E-state index in [2.05, 4.69) is 39.2 Å². The van der Waals surface area contributed by atoms with Gasteiger partial charge in [0.05, 0.1) is 6.61 Å². The van der Waals surface area contributed by atoms with E-state index >= 15 is 0 Å². The summed E-state index contributed by atoms with van der Waals surface area (Å²) in [6.45, 7) is 3.28. The zero-order valence-electron chi connectivity index (χ0n) is 9.64. The first kappa shape index (κ1) is 13.1. The van der Waals surface area contributed by atoms with Crippen LogP contribution in [0.4, 0.5) is 0 Å². The number of ether oxygens (including phenoxy) is 1. The summed E-state index contributed by atoms with van der Waals surface area (Å²) in [6, 6.07) is 6.04. The molecule has 0 saturated carbocycles. The van der Waals surface area contributed by atoms with Crippen LogP contribution in [0, 0.1) is 11.8 Å². The van der Waals surface area contributed by atoms with Crippen LogP contribution in [0.25, 0.3) is 0 Å². The number of halogens is 1. The molecule has 0 fully saturated rings. The Morgan fingerprint density at radius 1 is 1.44 bits per heavy atom. The van der Waals surface area contributed by atoms with Gasteiger partial charge < -0.3 is 10.1 Å². The summed E-state index contributed by atoms with van der Waals surface area (Å²) in [6.07, 6.45) is 0.769. The molecule has 0 bridgehead atoms. The fourth-order valence-corrected chi connectivity index (χ4v) is 1.76. The quantitative estimate of drug-likeness (QED) is 0.662. The van der Waals surface area contributed by atoms with E-state index in [0.29, 0.717) is 6.61 Å². The highest BCUT2D eigenvalue weighted by molar-refractivity contribution is 9.10. The van der Waals surface area contributed by atoms with Crippen LogP contribution >= 0.6 is 15.9 Å². The largest absolute Gasteiger partial charge is 0.492 e. The Balaban J connectivity index is 2.65. The van der Waals surface area contributed by atoms with Crippen LogP contribution in [-0.4, -0.2) is 13.7 Å². The smallest absolute Gasteiger partial charge is 0.123 e. The van der Waals surface area contributed by atoms with Crippen LogP contribution in [0.1, 0.15) is 18.9 Å². The molecule has 1 aromatic rings. The van der Waals surface area contributed by atoms with Crippen molar-refractivity contribution in [3.05, 3.63) is 28.2 Å². The SMILES string of the molecule is CC#CCCOc1ccc(Br)cc1CNC. The second-order valence-corrected chi connectivity index (χ2v) is 4.22. The number of hydrogen-bond acceptors (Lipinski definition) is 2. The Labute approximate surface area is 106 Å². The van der Waals surface area contributed by atoms with Crippen LogP contribution in [0.5, 0.6) is 5.75 Å². The monoisotopic (exact) mass is 281 g/mol.